The average molecular weight is 281 g/mol. The van der Waals surface area contributed by atoms with Gasteiger partial charge >= 0.3 is 0 Å². The number of benzene rings is 1. The summed E-state index contributed by atoms with van der Waals surface area (Å²) in [5.74, 6) is 0. The van der Waals surface area contributed by atoms with Gasteiger partial charge in [-0.2, -0.15) is 0 Å². The first-order valence-electron chi connectivity index (χ1n) is 7.65. The van der Waals surface area contributed by atoms with Gasteiger partial charge in [0.05, 0.1) is 0 Å². The van der Waals surface area contributed by atoms with E-state index in [1.165, 1.54) is 35.2 Å². The number of aromatic nitrogens is 1. The highest BCUT2D eigenvalue weighted by Gasteiger charge is 2.20. The van der Waals surface area contributed by atoms with Gasteiger partial charge in [0.15, 0.2) is 0 Å². The van der Waals surface area contributed by atoms with Crippen LogP contribution >= 0.6 is 0 Å². The lowest BCUT2D eigenvalue weighted by Gasteiger charge is -2.21. The molecule has 1 aliphatic rings. The summed E-state index contributed by atoms with van der Waals surface area (Å²) in [7, 11) is 2.13. The van der Waals surface area contributed by atoms with E-state index in [0.717, 1.165) is 19.1 Å². The monoisotopic (exact) mass is 281 g/mol. The third kappa shape index (κ3) is 3.82. The van der Waals surface area contributed by atoms with Crippen molar-refractivity contribution in [1.29, 1.82) is 0 Å². The van der Waals surface area contributed by atoms with Gasteiger partial charge in [0.2, 0.25) is 0 Å². The lowest BCUT2D eigenvalue weighted by atomic mass is 10.1. The summed E-state index contributed by atoms with van der Waals surface area (Å²) >= 11 is 0. The van der Waals surface area contributed by atoms with E-state index in [9.17, 15) is 0 Å². The van der Waals surface area contributed by atoms with Crippen LogP contribution in [0, 0.1) is 6.92 Å². The highest BCUT2D eigenvalue weighted by molar-refractivity contribution is 5.50. The predicted octanol–water partition coefficient (Wildman–Crippen LogP) is 3.28. The van der Waals surface area contributed by atoms with Crippen LogP contribution in [0.15, 0.2) is 42.7 Å². The van der Waals surface area contributed by atoms with Gasteiger partial charge in [0.1, 0.15) is 0 Å². The Morgan fingerprint density at radius 2 is 2.14 bits per heavy atom. The lowest BCUT2D eigenvalue weighted by molar-refractivity contribution is 0.685. The largest absolute Gasteiger partial charge is 0.370 e. The Morgan fingerprint density at radius 3 is 2.81 bits per heavy atom. The van der Waals surface area contributed by atoms with Crippen LogP contribution in [0.4, 0.5) is 5.69 Å². The van der Waals surface area contributed by atoms with E-state index >= 15 is 0 Å². The van der Waals surface area contributed by atoms with Crippen molar-refractivity contribution in [3.8, 4) is 0 Å². The minimum Gasteiger partial charge on any atom is -0.370 e. The number of nitrogens with one attached hydrogen (secondary N) is 1. The maximum absolute atomic E-state index is 4.17. The molecule has 1 aliphatic carbocycles. The zero-order valence-corrected chi connectivity index (χ0v) is 12.8. The van der Waals surface area contributed by atoms with Crippen LogP contribution in [0.2, 0.25) is 0 Å². The molecule has 0 saturated heterocycles. The van der Waals surface area contributed by atoms with Gasteiger partial charge in [0.25, 0.3) is 0 Å². The Kier molecular flexibility index (Phi) is 4.20. The van der Waals surface area contributed by atoms with Crippen molar-refractivity contribution in [3.63, 3.8) is 0 Å². The van der Waals surface area contributed by atoms with Gasteiger partial charge < -0.3 is 10.2 Å². The molecule has 0 unspecified atom stereocenters. The second-order valence-corrected chi connectivity index (χ2v) is 5.98. The molecule has 1 aromatic heterocycles. The maximum Gasteiger partial charge on any atom is 0.0441 e. The molecular weight excluding hydrogens is 258 g/mol. The predicted molar refractivity (Wildman–Crippen MR) is 87.4 cm³/mol. The van der Waals surface area contributed by atoms with Crippen molar-refractivity contribution >= 4 is 5.69 Å². The SMILES string of the molecule is Cc1cc(N(C)Cc2cccnc2)ccc1CNC1CC1. The minimum absolute atomic E-state index is 0.761. The third-order valence-electron chi connectivity index (χ3n) is 4.07. The Hall–Kier alpha value is -1.87. The summed E-state index contributed by atoms with van der Waals surface area (Å²) < 4.78 is 0. The molecule has 1 heterocycles. The molecule has 1 aromatic carbocycles. The molecule has 0 aliphatic heterocycles. The third-order valence-corrected chi connectivity index (χ3v) is 4.07. The molecule has 0 bridgehead atoms. The summed E-state index contributed by atoms with van der Waals surface area (Å²) in [4.78, 5) is 6.44. The second-order valence-electron chi connectivity index (χ2n) is 5.98. The van der Waals surface area contributed by atoms with Crippen LogP contribution in [-0.4, -0.2) is 18.1 Å². The maximum atomic E-state index is 4.17. The van der Waals surface area contributed by atoms with Crippen LogP contribution in [0.25, 0.3) is 0 Å². The van der Waals surface area contributed by atoms with Gasteiger partial charge in [-0.25, -0.2) is 0 Å². The fourth-order valence-corrected chi connectivity index (χ4v) is 2.51. The van der Waals surface area contributed by atoms with Gasteiger partial charge in [-0.05, 0) is 54.7 Å². The van der Waals surface area contributed by atoms with Gasteiger partial charge in [-0.3, -0.25) is 4.98 Å². The molecule has 2 aromatic rings. The molecule has 1 N–H and O–H groups in total. The Bertz CT molecular complexity index is 591. The van der Waals surface area contributed by atoms with Crippen molar-refractivity contribution in [3.05, 3.63) is 59.4 Å². The topological polar surface area (TPSA) is 28.2 Å². The number of pyridine rings is 1. The van der Waals surface area contributed by atoms with E-state index in [-0.39, 0.29) is 0 Å². The van der Waals surface area contributed by atoms with Crippen molar-refractivity contribution < 1.29 is 0 Å². The molecule has 3 heteroatoms. The minimum atomic E-state index is 0.761. The molecular formula is C18H23N3. The fraction of sp³-hybridized carbons (Fsp3) is 0.389. The highest BCUT2D eigenvalue weighted by Crippen LogP contribution is 2.22. The molecule has 0 radical (unpaired) electrons. The standard InChI is InChI=1S/C18H23N3/c1-14-10-18(8-5-16(14)12-20-17-6-7-17)21(2)13-15-4-3-9-19-11-15/h3-5,8-11,17,20H,6-7,12-13H2,1-2H3. The number of nitrogens with zero attached hydrogens (tertiary/aromatic N) is 2. The first-order valence-corrected chi connectivity index (χ1v) is 7.65. The van der Waals surface area contributed by atoms with Gasteiger partial charge in [0, 0.05) is 44.3 Å². The number of anilines is 1. The summed E-state index contributed by atoms with van der Waals surface area (Å²) in [6.07, 6.45) is 6.42. The normalized spacial score (nSPS) is 14.2. The molecule has 3 nitrogen and oxygen atoms in total. The smallest absolute Gasteiger partial charge is 0.0441 e. The summed E-state index contributed by atoms with van der Waals surface area (Å²) in [5.41, 5.74) is 5.25. The zero-order chi connectivity index (χ0) is 14.7. The van der Waals surface area contributed by atoms with Crippen LogP contribution in [-0.2, 0) is 13.1 Å². The van der Waals surface area contributed by atoms with Gasteiger partial charge in [-0.1, -0.05) is 12.1 Å². The Labute approximate surface area is 127 Å². The Morgan fingerprint density at radius 1 is 1.29 bits per heavy atom. The average Bonchev–Trinajstić information content (AvgIpc) is 3.31. The van der Waals surface area contributed by atoms with E-state index in [0.29, 0.717) is 0 Å². The number of aryl methyl sites for hydroxylation is 1. The number of hydrogen-bond acceptors (Lipinski definition) is 3. The lowest BCUT2D eigenvalue weighted by Crippen LogP contribution is -2.18. The molecule has 0 amide bonds. The molecule has 110 valence electrons. The van der Waals surface area contributed by atoms with Crippen molar-refractivity contribution in [2.45, 2.75) is 38.9 Å². The summed E-state index contributed by atoms with van der Waals surface area (Å²) in [6.45, 7) is 4.07. The van der Waals surface area contributed by atoms with E-state index in [1.807, 2.05) is 18.5 Å². The first-order chi connectivity index (χ1) is 10.2. The van der Waals surface area contributed by atoms with E-state index < -0.39 is 0 Å². The zero-order valence-electron chi connectivity index (χ0n) is 12.8. The summed E-state index contributed by atoms with van der Waals surface area (Å²) in [5, 5.41) is 3.58. The van der Waals surface area contributed by atoms with Gasteiger partial charge in [-0.15, -0.1) is 0 Å². The number of hydrogen-bond donors (Lipinski definition) is 1. The quantitative estimate of drug-likeness (QED) is 0.880. The van der Waals surface area contributed by atoms with E-state index in [1.54, 1.807) is 0 Å². The van der Waals surface area contributed by atoms with Crippen LogP contribution in [0.3, 0.4) is 0 Å². The molecule has 0 spiro atoms. The molecule has 1 saturated carbocycles. The molecule has 0 atom stereocenters. The molecule has 21 heavy (non-hydrogen) atoms. The van der Waals surface area contributed by atoms with Crippen molar-refractivity contribution in [1.82, 2.24) is 10.3 Å². The Balaban J connectivity index is 1.65. The van der Waals surface area contributed by atoms with E-state index in [2.05, 4.69) is 53.4 Å². The van der Waals surface area contributed by atoms with Crippen LogP contribution in [0.5, 0.6) is 0 Å². The van der Waals surface area contributed by atoms with Crippen molar-refractivity contribution in [2.75, 3.05) is 11.9 Å². The van der Waals surface area contributed by atoms with E-state index in [4.69, 9.17) is 0 Å². The first kappa shape index (κ1) is 14.1. The summed E-state index contributed by atoms with van der Waals surface area (Å²) in [6, 6.07) is 11.6. The van der Waals surface area contributed by atoms with Crippen LogP contribution < -0.4 is 10.2 Å². The number of rotatable bonds is 6. The molecule has 3 rings (SSSR count). The van der Waals surface area contributed by atoms with Crippen molar-refractivity contribution in [2.24, 2.45) is 0 Å². The highest BCUT2D eigenvalue weighted by atomic mass is 15.1. The van der Waals surface area contributed by atoms with Crippen LogP contribution in [0.1, 0.15) is 29.5 Å². The second kappa shape index (κ2) is 6.27. The fourth-order valence-electron chi connectivity index (χ4n) is 2.51. The molecule has 1 fully saturated rings.